The summed E-state index contributed by atoms with van der Waals surface area (Å²) in [6.45, 7) is 6.38. The van der Waals surface area contributed by atoms with Crippen molar-refractivity contribution in [1.82, 2.24) is 0 Å². The number of allylic oxidation sites excluding steroid dienone is 14. The molecule has 0 aliphatic rings. The molecule has 0 radical (unpaired) electrons. The molecule has 1 unspecified atom stereocenters. The van der Waals surface area contributed by atoms with Crippen LogP contribution in [-0.4, -0.2) is 37.2 Å². The third kappa shape index (κ3) is 45.5. The van der Waals surface area contributed by atoms with E-state index in [2.05, 4.69) is 51.2 Å². The predicted octanol–water partition coefficient (Wildman–Crippen LogP) is 15.6. The molecule has 59 heavy (non-hydrogen) atoms. The second-order valence-electron chi connectivity index (χ2n) is 15.8. The number of esters is 3. The molecule has 0 saturated heterocycles. The van der Waals surface area contributed by atoms with Crippen molar-refractivity contribution in [2.75, 3.05) is 13.2 Å². The smallest absolute Gasteiger partial charge is 0.306 e. The number of carbonyl (C=O) groups is 3. The Bertz CT molecular complexity index is 1170. The topological polar surface area (TPSA) is 78.9 Å². The van der Waals surface area contributed by atoms with Crippen LogP contribution in [0.2, 0.25) is 0 Å². The number of rotatable bonds is 42. The molecular weight excluding hydrogens is 733 g/mol. The molecule has 0 fully saturated rings. The van der Waals surface area contributed by atoms with Crippen LogP contribution >= 0.6 is 0 Å². The maximum absolute atomic E-state index is 12.7. The van der Waals surface area contributed by atoms with Gasteiger partial charge in [0.05, 0.1) is 0 Å². The molecule has 0 aromatic heterocycles. The summed E-state index contributed by atoms with van der Waals surface area (Å²) in [6, 6.07) is 0. The van der Waals surface area contributed by atoms with Gasteiger partial charge in [-0.1, -0.05) is 215 Å². The molecule has 6 nitrogen and oxygen atoms in total. The molecule has 1 atom stereocenters. The number of hydrogen-bond donors (Lipinski definition) is 0. The van der Waals surface area contributed by atoms with Crippen molar-refractivity contribution in [3.63, 3.8) is 0 Å². The molecule has 6 heteroatoms. The molecule has 0 N–H and O–H groups in total. The Kier molecular flexibility index (Phi) is 44.5. The van der Waals surface area contributed by atoms with Gasteiger partial charge in [0.15, 0.2) is 6.10 Å². The van der Waals surface area contributed by atoms with Crippen LogP contribution in [-0.2, 0) is 28.6 Å². The van der Waals surface area contributed by atoms with Gasteiger partial charge in [0.25, 0.3) is 0 Å². The Morgan fingerprint density at radius 2 is 0.746 bits per heavy atom. The summed E-state index contributed by atoms with van der Waals surface area (Å²) in [5, 5.41) is 0. The molecular formula is C53H88O6. The van der Waals surface area contributed by atoms with Gasteiger partial charge in [0, 0.05) is 19.3 Å². The van der Waals surface area contributed by atoms with Crippen molar-refractivity contribution in [1.29, 1.82) is 0 Å². The summed E-state index contributed by atoms with van der Waals surface area (Å²) in [7, 11) is 0. The normalized spacial score (nSPS) is 12.8. The van der Waals surface area contributed by atoms with Crippen molar-refractivity contribution in [3.05, 3.63) is 85.1 Å². The number of unbranched alkanes of at least 4 members (excludes halogenated alkanes) is 21. The highest BCUT2D eigenvalue weighted by Crippen LogP contribution is 2.14. The van der Waals surface area contributed by atoms with E-state index in [4.69, 9.17) is 14.2 Å². The van der Waals surface area contributed by atoms with Crippen LogP contribution in [0.4, 0.5) is 0 Å². The summed E-state index contributed by atoms with van der Waals surface area (Å²) >= 11 is 0. The second kappa shape index (κ2) is 47.3. The lowest BCUT2D eigenvalue weighted by molar-refractivity contribution is -0.167. The van der Waals surface area contributed by atoms with Gasteiger partial charge in [0.1, 0.15) is 13.2 Å². The lowest BCUT2D eigenvalue weighted by Gasteiger charge is -2.18. The van der Waals surface area contributed by atoms with Crippen molar-refractivity contribution in [2.24, 2.45) is 0 Å². The van der Waals surface area contributed by atoms with E-state index in [1.807, 2.05) is 54.7 Å². The first-order valence-corrected chi connectivity index (χ1v) is 24.2. The second-order valence-corrected chi connectivity index (χ2v) is 15.8. The Hall–Kier alpha value is -3.41. The maximum atomic E-state index is 12.7. The average Bonchev–Trinajstić information content (AvgIpc) is 3.23. The summed E-state index contributed by atoms with van der Waals surface area (Å²) in [5.41, 5.74) is 0. The van der Waals surface area contributed by atoms with Crippen LogP contribution in [0.3, 0.4) is 0 Å². The van der Waals surface area contributed by atoms with Gasteiger partial charge < -0.3 is 14.2 Å². The van der Waals surface area contributed by atoms with Gasteiger partial charge in [-0.2, -0.15) is 0 Å². The lowest BCUT2D eigenvalue weighted by Crippen LogP contribution is -2.30. The Morgan fingerprint density at radius 1 is 0.373 bits per heavy atom. The Labute approximate surface area is 363 Å². The molecule has 0 aliphatic heterocycles. The lowest BCUT2D eigenvalue weighted by atomic mass is 10.1. The number of ether oxygens (including phenoxy) is 3. The van der Waals surface area contributed by atoms with Gasteiger partial charge in [-0.25, -0.2) is 0 Å². The standard InChI is InChI=1S/C53H88O6/c1-4-7-10-13-16-19-22-24-25-26-27-29-31-34-37-40-43-46-52(55)58-49-50(48-57-51(54)45-42-39-36-33-30-21-18-15-12-9-6-3)59-53(56)47-44-41-38-35-32-28-23-20-17-14-11-8-5-2/h8,11,14,16-17,19-20,23-25,28,32,35,38,50H,4-7,9-10,12-13,15,18,21-22,26-27,29-31,33-34,36-37,39-49H2,1-3H3/b11-8-,17-14-,19-16-,23-20-,25-24-,32-28-,38-35-. The predicted molar refractivity (Wildman–Crippen MR) is 251 cm³/mol. The van der Waals surface area contributed by atoms with Crippen LogP contribution in [0.25, 0.3) is 0 Å². The average molecular weight is 821 g/mol. The molecule has 0 aromatic carbocycles. The van der Waals surface area contributed by atoms with E-state index < -0.39 is 6.10 Å². The molecule has 0 saturated carbocycles. The van der Waals surface area contributed by atoms with Gasteiger partial charge in [-0.3, -0.25) is 14.4 Å². The third-order valence-electron chi connectivity index (χ3n) is 10.0. The number of hydrogen-bond acceptors (Lipinski definition) is 6. The zero-order valence-corrected chi connectivity index (χ0v) is 38.2. The fourth-order valence-corrected chi connectivity index (χ4v) is 6.38. The van der Waals surface area contributed by atoms with Crippen LogP contribution in [0, 0.1) is 0 Å². The summed E-state index contributed by atoms with van der Waals surface area (Å²) in [5.74, 6) is -0.994. The zero-order valence-electron chi connectivity index (χ0n) is 38.2. The zero-order chi connectivity index (χ0) is 43.0. The molecule has 0 bridgehead atoms. The summed E-state index contributed by atoms with van der Waals surface area (Å²) < 4.78 is 16.7. The minimum absolute atomic E-state index is 0.107. The summed E-state index contributed by atoms with van der Waals surface area (Å²) in [6.07, 6.45) is 60.0. The first-order chi connectivity index (χ1) is 29.0. The molecule has 0 spiro atoms. The SMILES string of the molecule is CC\C=C/C=C\C=C/C=C\C=C/CCCC(=O)OC(COC(=O)CCCCCCCCC/C=C\C/C=C\CCCCC)COC(=O)CCCCCCCCCCCCC. The Morgan fingerprint density at radius 3 is 1.24 bits per heavy atom. The van der Waals surface area contributed by atoms with Crippen LogP contribution in [0.5, 0.6) is 0 Å². The molecule has 0 amide bonds. The maximum Gasteiger partial charge on any atom is 0.306 e. The summed E-state index contributed by atoms with van der Waals surface area (Å²) in [4.78, 5) is 37.8. The molecule has 336 valence electrons. The monoisotopic (exact) mass is 821 g/mol. The van der Waals surface area contributed by atoms with Crippen LogP contribution < -0.4 is 0 Å². The quantitative estimate of drug-likeness (QED) is 0.0201. The highest BCUT2D eigenvalue weighted by Gasteiger charge is 2.19. The molecule has 0 heterocycles. The van der Waals surface area contributed by atoms with E-state index in [1.54, 1.807) is 0 Å². The van der Waals surface area contributed by atoms with E-state index in [0.717, 1.165) is 64.2 Å². The minimum atomic E-state index is -0.814. The number of carbonyl (C=O) groups excluding carboxylic acids is 3. The van der Waals surface area contributed by atoms with Crippen molar-refractivity contribution in [3.8, 4) is 0 Å². The van der Waals surface area contributed by atoms with Gasteiger partial charge in [-0.05, 0) is 64.2 Å². The van der Waals surface area contributed by atoms with Crippen LogP contribution in [0.1, 0.15) is 213 Å². The van der Waals surface area contributed by atoms with Gasteiger partial charge in [0.2, 0.25) is 0 Å². The van der Waals surface area contributed by atoms with E-state index in [9.17, 15) is 14.4 Å². The van der Waals surface area contributed by atoms with Crippen molar-refractivity contribution in [2.45, 2.75) is 219 Å². The van der Waals surface area contributed by atoms with E-state index in [0.29, 0.717) is 19.3 Å². The van der Waals surface area contributed by atoms with Crippen LogP contribution in [0.15, 0.2) is 85.1 Å². The van der Waals surface area contributed by atoms with E-state index in [1.165, 1.54) is 103 Å². The highest BCUT2D eigenvalue weighted by atomic mass is 16.6. The molecule has 0 rings (SSSR count). The minimum Gasteiger partial charge on any atom is -0.462 e. The fourth-order valence-electron chi connectivity index (χ4n) is 6.38. The fraction of sp³-hybridized carbons (Fsp3) is 0.679. The van der Waals surface area contributed by atoms with Crippen molar-refractivity contribution >= 4 is 17.9 Å². The molecule has 0 aromatic rings. The van der Waals surface area contributed by atoms with Gasteiger partial charge >= 0.3 is 17.9 Å². The largest absolute Gasteiger partial charge is 0.462 e. The Balaban J connectivity index is 4.47. The van der Waals surface area contributed by atoms with E-state index in [-0.39, 0.29) is 37.5 Å². The first-order valence-electron chi connectivity index (χ1n) is 24.2. The van der Waals surface area contributed by atoms with E-state index >= 15 is 0 Å². The van der Waals surface area contributed by atoms with Crippen molar-refractivity contribution < 1.29 is 28.6 Å². The van der Waals surface area contributed by atoms with Gasteiger partial charge in [-0.15, -0.1) is 0 Å². The third-order valence-corrected chi connectivity index (χ3v) is 10.0. The first kappa shape index (κ1) is 55.6. The highest BCUT2D eigenvalue weighted by molar-refractivity contribution is 5.71. The molecule has 0 aliphatic carbocycles.